The van der Waals surface area contributed by atoms with Gasteiger partial charge < -0.3 is 16.0 Å². The summed E-state index contributed by atoms with van der Waals surface area (Å²) in [6.45, 7) is 1.02. The van der Waals surface area contributed by atoms with Crippen LogP contribution in [0.3, 0.4) is 0 Å². The fraction of sp³-hybridized carbons (Fsp3) is 0.312. The number of nitro groups is 1. The highest BCUT2D eigenvalue weighted by atomic mass is 16.6. The summed E-state index contributed by atoms with van der Waals surface area (Å²) in [6.07, 6.45) is 2.31. The number of hydrogen-bond donors (Lipinski definition) is 2. The molecule has 0 unspecified atom stereocenters. The van der Waals surface area contributed by atoms with Crippen LogP contribution in [-0.4, -0.2) is 23.9 Å². The molecule has 0 radical (unpaired) electrons. The standard InChI is InChI=1S/C16H16N6O3/c17-8-11(9-18)10-20-13-1-2-14(15(7-13)22(24)25)21-5-3-12(4-6-21)16(19)23/h1-2,7,10,12,20H,3-6H2,(H2,19,23). The second-order valence-electron chi connectivity index (χ2n) is 5.55. The van der Waals surface area contributed by atoms with E-state index in [0.717, 1.165) is 0 Å². The molecule has 1 aliphatic heterocycles. The molecule has 0 spiro atoms. The second-order valence-corrected chi connectivity index (χ2v) is 5.55. The van der Waals surface area contributed by atoms with Crippen LogP contribution < -0.4 is 16.0 Å². The number of rotatable bonds is 5. The van der Waals surface area contributed by atoms with Gasteiger partial charge in [0.2, 0.25) is 5.91 Å². The van der Waals surface area contributed by atoms with Gasteiger partial charge in [-0.2, -0.15) is 10.5 Å². The fourth-order valence-electron chi connectivity index (χ4n) is 2.68. The Morgan fingerprint density at radius 1 is 1.36 bits per heavy atom. The van der Waals surface area contributed by atoms with E-state index in [1.54, 1.807) is 24.3 Å². The molecular weight excluding hydrogens is 324 g/mol. The smallest absolute Gasteiger partial charge is 0.294 e. The normalized spacial score (nSPS) is 14.1. The van der Waals surface area contributed by atoms with Gasteiger partial charge in [-0.05, 0) is 25.0 Å². The molecule has 1 aromatic carbocycles. The number of carbonyl (C=O) groups excluding carboxylic acids is 1. The van der Waals surface area contributed by atoms with Crippen molar-refractivity contribution in [1.29, 1.82) is 10.5 Å². The predicted molar refractivity (Wildman–Crippen MR) is 90.2 cm³/mol. The van der Waals surface area contributed by atoms with Gasteiger partial charge in [0.1, 0.15) is 23.4 Å². The molecule has 0 bridgehead atoms. The third-order valence-electron chi connectivity index (χ3n) is 4.03. The van der Waals surface area contributed by atoms with Gasteiger partial charge >= 0.3 is 0 Å². The van der Waals surface area contributed by atoms with Crippen molar-refractivity contribution in [3.63, 3.8) is 0 Å². The van der Waals surface area contributed by atoms with E-state index < -0.39 is 4.92 Å². The Kier molecular flexibility index (Phi) is 5.54. The lowest BCUT2D eigenvalue weighted by Crippen LogP contribution is -2.38. The topological polar surface area (TPSA) is 149 Å². The van der Waals surface area contributed by atoms with Gasteiger partial charge in [0.25, 0.3) is 5.69 Å². The SMILES string of the molecule is N#CC(C#N)=CNc1ccc(N2CCC(C(N)=O)CC2)c([N+](=O)[O-])c1. The average Bonchev–Trinajstić information content (AvgIpc) is 2.62. The van der Waals surface area contributed by atoms with Crippen LogP contribution in [0.25, 0.3) is 0 Å². The predicted octanol–water partition coefficient (Wildman–Crippen LogP) is 1.64. The molecule has 3 N–H and O–H groups in total. The molecular formula is C16H16N6O3. The van der Waals surface area contributed by atoms with Gasteiger partial charge in [0.05, 0.1) is 4.92 Å². The first kappa shape index (κ1) is 17.8. The third-order valence-corrected chi connectivity index (χ3v) is 4.03. The number of amides is 1. The Morgan fingerprint density at radius 3 is 2.52 bits per heavy atom. The Labute approximate surface area is 144 Å². The molecule has 1 saturated heterocycles. The van der Waals surface area contributed by atoms with E-state index in [-0.39, 0.29) is 23.1 Å². The number of anilines is 2. The minimum absolute atomic E-state index is 0.0913. The summed E-state index contributed by atoms with van der Waals surface area (Å²) in [7, 11) is 0. The summed E-state index contributed by atoms with van der Waals surface area (Å²) in [5, 5.41) is 31.5. The molecule has 0 aromatic heterocycles. The van der Waals surface area contributed by atoms with Gasteiger partial charge in [-0.25, -0.2) is 0 Å². The molecule has 0 saturated carbocycles. The van der Waals surface area contributed by atoms with Crippen LogP contribution in [0.1, 0.15) is 12.8 Å². The van der Waals surface area contributed by atoms with E-state index in [9.17, 15) is 14.9 Å². The molecule has 0 atom stereocenters. The summed E-state index contributed by atoms with van der Waals surface area (Å²) in [5.41, 5.74) is 5.93. The Morgan fingerprint density at radius 2 is 2.00 bits per heavy atom. The minimum atomic E-state index is -0.486. The van der Waals surface area contributed by atoms with Crippen LogP contribution in [0.2, 0.25) is 0 Å². The number of piperidine rings is 1. The molecule has 9 nitrogen and oxygen atoms in total. The molecule has 1 heterocycles. The number of primary amides is 1. The van der Waals surface area contributed by atoms with Crippen LogP contribution >= 0.6 is 0 Å². The summed E-state index contributed by atoms with van der Waals surface area (Å²) in [4.78, 5) is 24.0. The van der Waals surface area contributed by atoms with Crippen LogP contribution in [0.4, 0.5) is 17.1 Å². The summed E-state index contributed by atoms with van der Waals surface area (Å²) in [6, 6.07) is 7.97. The third kappa shape index (κ3) is 4.24. The maximum Gasteiger partial charge on any atom is 0.294 e. The first-order valence-electron chi connectivity index (χ1n) is 7.56. The summed E-state index contributed by atoms with van der Waals surface area (Å²) < 4.78 is 0. The summed E-state index contributed by atoms with van der Waals surface area (Å²) >= 11 is 0. The number of nitro benzene ring substituents is 1. The first-order chi connectivity index (χ1) is 12.0. The van der Waals surface area contributed by atoms with Crippen molar-refractivity contribution in [2.45, 2.75) is 12.8 Å². The Bertz CT molecular complexity index is 781. The van der Waals surface area contributed by atoms with E-state index in [0.29, 0.717) is 37.3 Å². The molecule has 2 rings (SSSR count). The van der Waals surface area contributed by atoms with E-state index >= 15 is 0 Å². The zero-order valence-corrected chi connectivity index (χ0v) is 13.3. The zero-order chi connectivity index (χ0) is 18.4. The van der Waals surface area contributed by atoms with Crippen molar-refractivity contribution >= 4 is 23.0 Å². The second kappa shape index (κ2) is 7.79. The van der Waals surface area contributed by atoms with Crippen molar-refractivity contribution in [2.75, 3.05) is 23.3 Å². The lowest BCUT2D eigenvalue weighted by Gasteiger charge is -2.32. The van der Waals surface area contributed by atoms with E-state index in [1.165, 1.54) is 12.3 Å². The Balaban J connectivity index is 2.22. The van der Waals surface area contributed by atoms with Gasteiger partial charge in [0.15, 0.2) is 0 Å². The van der Waals surface area contributed by atoms with Crippen LogP contribution in [-0.2, 0) is 4.79 Å². The molecule has 0 aliphatic carbocycles. The highest BCUT2D eigenvalue weighted by molar-refractivity contribution is 5.77. The molecule has 128 valence electrons. The number of benzene rings is 1. The number of allylic oxidation sites excluding steroid dienone is 1. The van der Waals surface area contributed by atoms with Crippen molar-refractivity contribution in [2.24, 2.45) is 11.7 Å². The monoisotopic (exact) mass is 340 g/mol. The molecule has 25 heavy (non-hydrogen) atoms. The quantitative estimate of drug-likeness (QED) is 0.470. The van der Waals surface area contributed by atoms with E-state index in [4.69, 9.17) is 16.3 Å². The first-order valence-corrected chi connectivity index (χ1v) is 7.56. The molecule has 1 aliphatic rings. The van der Waals surface area contributed by atoms with Gasteiger partial charge in [0, 0.05) is 37.0 Å². The lowest BCUT2D eigenvalue weighted by molar-refractivity contribution is -0.384. The van der Waals surface area contributed by atoms with Crippen LogP contribution in [0.15, 0.2) is 30.0 Å². The van der Waals surface area contributed by atoms with Crippen molar-refractivity contribution < 1.29 is 9.72 Å². The van der Waals surface area contributed by atoms with Crippen molar-refractivity contribution in [3.05, 3.63) is 40.1 Å². The molecule has 9 heteroatoms. The van der Waals surface area contributed by atoms with Gasteiger partial charge in [-0.15, -0.1) is 0 Å². The number of hydrogen-bond acceptors (Lipinski definition) is 7. The van der Waals surface area contributed by atoms with Crippen LogP contribution in [0.5, 0.6) is 0 Å². The number of nitrogens with two attached hydrogens (primary N) is 1. The summed E-state index contributed by atoms with van der Waals surface area (Å²) in [5.74, 6) is -0.539. The van der Waals surface area contributed by atoms with E-state index in [2.05, 4.69) is 5.32 Å². The number of carbonyl (C=O) groups is 1. The number of nitrogens with one attached hydrogen (secondary N) is 1. The fourth-order valence-corrected chi connectivity index (χ4v) is 2.68. The van der Waals surface area contributed by atoms with Gasteiger partial charge in [-0.3, -0.25) is 14.9 Å². The molecule has 1 aromatic rings. The largest absolute Gasteiger partial charge is 0.369 e. The minimum Gasteiger partial charge on any atom is -0.369 e. The van der Waals surface area contributed by atoms with Crippen molar-refractivity contribution in [1.82, 2.24) is 0 Å². The number of nitrogens with zero attached hydrogens (tertiary/aromatic N) is 4. The lowest BCUT2D eigenvalue weighted by atomic mass is 9.96. The Hall–Kier alpha value is -3.59. The van der Waals surface area contributed by atoms with Gasteiger partial charge in [-0.1, -0.05) is 0 Å². The highest BCUT2D eigenvalue weighted by Crippen LogP contribution is 2.33. The average molecular weight is 340 g/mol. The van der Waals surface area contributed by atoms with Crippen molar-refractivity contribution in [3.8, 4) is 12.1 Å². The number of nitriles is 2. The maximum absolute atomic E-state index is 11.4. The zero-order valence-electron chi connectivity index (χ0n) is 13.3. The van der Waals surface area contributed by atoms with Crippen LogP contribution in [0, 0.1) is 38.7 Å². The van der Waals surface area contributed by atoms with E-state index in [1.807, 2.05) is 4.90 Å². The molecule has 1 fully saturated rings. The highest BCUT2D eigenvalue weighted by Gasteiger charge is 2.27. The molecule has 1 amide bonds. The maximum atomic E-state index is 11.4.